The van der Waals surface area contributed by atoms with Crippen molar-refractivity contribution in [1.82, 2.24) is 14.9 Å². The molecule has 0 radical (unpaired) electrons. The summed E-state index contributed by atoms with van der Waals surface area (Å²) < 4.78 is 0. The van der Waals surface area contributed by atoms with Crippen molar-refractivity contribution < 1.29 is 0 Å². The summed E-state index contributed by atoms with van der Waals surface area (Å²) in [7, 11) is 3.81. The van der Waals surface area contributed by atoms with Crippen molar-refractivity contribution >= 4 is 23.2 Å². The van der Waals surface area contributed by atoms with Crippen molar-refractivity contribution in [2.45, 2.75) is 31.7 Å². The largest absolute Gasteiger partial charge is 0.342 e. The summed E-state index contributed by atoms with van der Waals surface area (Å²) in [6.07, 6.45) is 3.18. The van der Waals surface area contributed by atoms with Crippen LogP contribution in [0.25, 0.3) is 0 Å². The van der Waals surface area contributed by atoms with Crippen LogP contribution in [0.2, 0.25) is 5.15 Å². The number of halogens is 2. The molecule has 1 aromatic heterocycles. The first-order valence-electron chi connectivity index (χ1n) is 5.11. The van der Waals surface area contributed by atoms with Gasteiger partial charge in [0, 0.05) is 6.42 Å². The number of H-pyrrole nitrogens is 1. The van der Waals surface area contributed by atoms with Crippen LogP contribution in [0.4, 0.5) is 0 Å². The summed E-state index contributed by atoms with van der Waals surface area (Å²) in [5.74, 6) is 0.921. The smallest absolute Gasteiger partial charge is 0.153 e. The third kappa shape index (κ3) is 3.37. The first-order valence-corrected chi connectivity index (χ1v) is 5.92. The first kappa shape index (κ1) is 12.8. The Morgan fingerprint density at radius 1 is 1.47 bits per heavy atom. The van der Waals surface area contributed by atoms with Gasteiger partial charge >= 0.3 is 0 Å². The topological polar surface area (TPSA) is 31.9 Å². The molecule has 15 heavy (non-hydrogen) atoms. The molecule has 1 unspecified atom stereocenters. The normalized spacial score (nSPS) is 13.5. The fourth-order valence-electron chi connectivity index (χ4n) is 1.29. The predicted octanol–water partition coefficient (Wildman–Crippen LogP) is 3.20. The number of nitrogens with zero attached hydrogens (tertiary/aromatic N) is 2. The van der Waals surface area contributed by atoms with Crippen molar-refractivity contribution in [3.8, 4) is 0 Å². The highest BCUT2D eigenvalue weighted by molar-refractivity contribution is 6.31. The quantitative estimate of drug-likeness (QED) is 0.642. The average molecular weight is 250 g/mol. The summed E-state index contributed by atoms with van der Waals surface area (Å²) in [6, 6.07) is 0. The van der Waals surface area contributed by atoms with Gasteiger partial charge in [-0.25, -0.2) is 4.98 Å². The molecule has 5 heteroatoms. The van der Waals surface area contributed by atoms with Crippen molar-refractivity contribution in [2.24, 2.45) is 0 Å². The molecule has 0 saturated carbocycles. The molecule has 3 nitrogen and oxygen atoms in total. The van der Waals surface area contributed by atoms with Gasteiger partial charge in [-0.3, -0.25) is 4.90 Å². The fraction of sp³-hybridized carbons (Fsp3) is 0.700. The minimum atomic E-state index is -0.250. The number of rotatable bonds is 5. The minimum absolute atomic E-state index is 0.250. The predicted molar refractivity (Wildman–Crippen MR) is 64.5 cm³/mol. The third-order valence-electron chi connectivity index (χ3n) is 2.19. The highest BCUT2D eigenvalue weighted by Gasteiger charge is 2.18. The number of hydrogen-bond donors (Lipinski definition) is 1. The molecule has 0 saturated heterocycles. The number of nitrogens with one attached hydrogen (secondary N) is 1. The van der Waals surface area contributed by atoms with E-state index in [1.807, 2.05) is 19.0 Å². The van der Waals surface area contributed by atoms with E-state index < -0.39 is 0 Å². The van der Waals surface area contributed by atoms with Gasteiger partial charge in [-0.2, -0.15) is 0 Å². The number of aromatic nitrogens is 2. The van der Waals surface area contributed by atoms with Crippen LogP contribution >= 0.6 is 23.2 Å². The van der Waals surface area contributed by atoms with E-state index in [-0.39, 0.29) is 5.50 Å². The summed E-state index contributed by atoms with van der Waals surface area (Å²) in [5.41, 5.74) is 0.537. The number of alkyl halides is 1. The van der Waals surface area contributed by atoms with Crippen LogP contribution in [0, 0.1) is 0 Å². The monoisotopic (exact) mass is 249 g/mol. The molecule has 86 valence electrons. The minimum Gasteiger partial charge on any atom is -0.342 e. The zero-order chi connectivity index (χ0) is 11.4. The molecule has 0 aliphatic carbocycles. The molecule has 0 fully saturated rings. The van der Waals surface area contributed by atoms with Gasteiger partial charge in [-0.1, -0.05) is 36.5 Å². The maximum atomic E-state index is 6.16. The maximum absolute atomic E-state index is 6.16. The fourth-order valence-corrected chi connectivity index (χ4v) is 1.76. The van der Waals surface area contributed by atoms with Gasteiger partial charge in [-0.15, -0.1) is 0 Å². The second-order valence-electron chi connectivity index (χ2n) is 3.79. The molecule has 0 amide bonds. The van der Waals surface area contributed by atoms with E-state index in [1.165, 1.54) is 0 Å². The second kappa shape index (κ2) is 5.73. The SMILES string of the molecule is CCCCc1nc(Cl)c(C(Cl)N(C)C)[nH]1. The zero-order valence-corrected chi connectivity index (χ0v) is 10.9. The van der Waals surface area contributed by atoms with E-state index in [1.54, 1.807) is 0 Å². The molecular formula is C10H17Cl2N3. The zero-order valence-electron chi connectivity index (χ0n) is 9.35. The Labute approximate surface area is 101 Å². The van der Waals surface area contributed by atoms with E-state index in [4.69, 9.17) is 23.2 Å². The van der Waals surface area contributed by atoms with Gasteiger partial charge in [0.2, 0.25) is 0 Å². The van der Waals surface area contributed by atoms with Gasteiger partial charge in [0.1, 0.15) is 11.3 Å². The molecule has 1 rings (SSSR count). The van der Waals surface area contributed by atoms with Gasteiger partial charge in [-0.05, 0) is 20.5 Å². The van der Waals surface area contributed by atoms with Crippen LogP contribution in [0.3, 0.4) is 0 Å². The third-order valence-corrected chi connectivity index (χ3v) is 3.09. The number of aryl methyl sites for hydroxylation is 1. The van der Waals surface area contributed by atoms with Crippen LogP contribution in [-0.4, -0.2) is 29.0 Å². The van der Waals surface area contributed by atoms with E-state index in [9.17, 15) is 0 Å². The van der Waals surface area contributed by atoms with Gasteiger partial charge in [0.05, 0.1) is 5.69 Å². The van der Waals surface area contributed by atoms with E-state index in [2.05, 4.69) is 16.9 Å². The Kier molecular flexibility index (Phi) is 4.90. The number of aromatic amines is 1. The average Bonchev–Trinajstić information content (AvgIpc) is 2.55. The van der Waals surface area contributed by atoms with E-state index in [0.717, 1.165) is 30.8 Å². The van der Waals surface area contributed by atoms with Crippen LogP contribution < -0.4 is 0 Å². The number of unbranched alkanes of at least 4 members (excludes halogenated alkanes) is 1. The lowest BCUT2D eigenvalue weighted by Crippen LogP contribution is -2.15. The van der Waals surface area contributed by atoms with Gasteiger partial charge < -0.3 is 4.98 Å². The number of imidazole rings is 1. The highest BCUT2D eigenvalue weighted by Crippen LogP contribution is 2.27. The van der Waals surface area contributed by atoms with E-state index >= 15 is 0 Å². The summed E-state index contributed by atoms with van der Waals surface area (Å²) in [4.78, 5) is 9.31. The molecule has 1 aromatic rings. The Bertz CT molecular complexity index is 310. The van der Waals surface area contributed by atoms with Crippen LogP contribution in [0.15, 0.2) is 0 Å². The lowest BCUT2D eigenvalue weighted by Gasteiger charge is -2.15. The van der Waals surface area contributed by atoms with Crippen LogP contribution in [0.1, 0.15) is 36.8 Å². The molecule has 1 N–H and O–H groups in total. The maximum Gasteiger partial charge on any atom is 0.153 e. The standard InChI is InChI=1S/C10H17Cl2N3/c1-4-5-6-7-13-8(9(11)14-7)10(12)15(2)3/h10H,4-6H2,1-3H3,(H,13,14). The van der Waals surface area contributed by atoms with Crippen LogP contribution in [0.5, 0.6) is 0 Å². The molecule has 0 aliphatic rings. The molecule has 1 heterocycles. The Morgan fingerprint density at radius 3 is 2.67 bits per heavy atom. The molecule has 0 bridgehead atoms. The van der Waals surface area contributed by atoms with Crippen molar-refractivity contribution in [3.63, 3.8) is 0 Å². The van der Waals surface area contributed by atoms with Crippen LogP contribution in [-0.2, 0) is 6.42 Å². The molecule has 0 aliphatic heterocycles. The lowest BCUT2D eigenvalue weighted by molar-refractivity contribution is 0.379. The summed E-state index contributed by atoms with van der Waals surface area (Å²) in [5, 5.41) is 0.481. The van der Waals surface area contributed by atoms with Crippen molar-refractivity contribution in [1.29, 1.82) is 0 Å². The highest BCUT2D eigenvalue weighted by atomic mass is 35.5. The van der Waals surface area contributed by atoms with Crippen molar-refractivity contribution in [3.05, 3.63) is 16.7 Å². The number of hydrogen-bond acceptors (Lipinski definition) is 2. The van der Waals surface area contributed by atoms with E-state index in [0.29, 0.717) is 5.15 Å². The molecular weight excluding hydrogens is 233 g/mol. The summed E-state index contributed by atoms with van der Waals surface area (Å²) >= 11 is 12.2. The second-order valence-corrected chi connectivity index (χ2v) is 4.56. The van der Waals surface area contributed by atoms with Gasteiger partial charge in [0.25, 0.3) is 0 Å². The first-order chi connectivity index (χ1) is 7.06. The Balaban J connectivity index is 2.76. The lowest BCUT2D eigenvalue weighted by atomic mass is 10.2. The molecule has 0 spiro atoms. The van der Waals surface area contributed by atoms with Gasteiger partial charge in [0.15, 0.2) is 5.15 Å². The Morgan fingerprint density at radius 2 is 2.13 bits per heavy atom. The molecule has 0 aromatic carbocycles. The molecule has 1 atom stereocenters. The Hall–Kier alpha value is -0.250. The summed E-state index contributed by atoms with van der Waals surface area (Å²) in [6.45, 7) is 2.15. The van der Waals surface area contributed by atoms with Crippen molar-refractivity contribution in [2.75, 3.05) is 14.1 Å².